The molecule has 2 aromatic carbocycles. The van der Waals surface area contributed by atoms with E-state index in [9.17, 15) is 13.2 Å². The number of hydrogen-bond donors (Lipinski definition) is 1. The number of nitrogens with zero attached hydrogens (tertiary/aromatic N) is 2. The van der Waals surface area contributed by atoms with Gasteiger partial charge in [0.05, 0.1) is 10.6 Å². The van der Waals surface area contributed by atoms with Crippen molar-refractivity contribution in [3.05, 3.63) is 54.1 Å². The Kier molecular flexibility index (Phi) is 7.17. The van der Waals surface area contributed by atoms with E-state index in [1.165, 1.54) is 43.6 Å². The molecule has 7 nitrogen and oxygen atoms in total. The summed E-state index contributed by atoms with van der Waals surface area (Å²) < 4.78 is 31.3. The molecule has 0 saturated carbocycles. The number of thioether (sulfide) groups is 1. The van der Waals surface area contributed by atoms with Crippen LogP contribution in [0.1, 0.15) is 24.8 Å². The minimum absolute atomic E-state index is 0.104. The van der Waals surface area contributed by atoms with E-state index in [0.29, 0.717) is 22.9 Å². The van der Waals surface area contributed by atoms with Crippen LogP contribution in [0.15, 0.2) is 63.1 Å². The zero-order valence-corrected chi connectivity index (χ0v) is 18.8. The predicted molar refractivity (Wildman–Crippen MR) is 118 cm³/mol. The Morgan fingerprint density at radius 2 is 1.93 bits per heavy atom. The molecule has 160 valence electrons. The Balaban J connectivity index is 1.59. The van der Waals surface area contributed by atoms with E-state index in [0.717, 1.165) is 10.7 Å². The average Bonchev–Trinajstić information content (AvgIpc) is 3.15. The fraction of sp³-hybridized carbons (Fsp3) is 0.333. The van der Waals surface area contributed by atoms with E-state index >= 15 is 0 Å². The number of rotatable bonds is 9. The van der Waals surface area contributed by atoms with Gasteiger partial charge in [-0.15, -0.1) is 0 Å². The van der Waals surface area contributed by atoms with Crippen molar-refractivity contribution >= 4 is 38.8 Å². The van der Waals surface area contributed by atoms with Gasteiger partial charge in [0, 0.05) is 26.6 Å². The molecule has 3 aromatic rings. The highest BCUT2D eigenvalue weighted by Crippen LogP contribution is 2.26. The number of carbonyl (C=O) groups is 1. The molecule has 1 N–H and O–H groups in total. The zero-order valence-electron chi connectivity index (χ0n) is 17.2. The molecule has 0 bridgehead atoms. The second-order valence-corrected chi connectivity index (χ2v) is 10.1. The van der Waals surface area contributed by atoms with Gasteiger partial charge in [-0.3, -0.25) is 4.79 Å². The number of nitrogens with one attached hydrogen (secondary N) is 1. The first-order chi connectivity index (χ1) is 14.3. The first-order valence-electron chi connectivity index (χ1n) is 9.58. The lowest BCUT2D eigenvalue weighted by Crippen LogP contribution is -2.29. The molecule has 0 saturated heterocycles. The molecule has 1 aromatic heterocycles. The minimum atomic E-state index is -3.55. The standard InChI is InChI=1S/C21H25N3O4S2/c1-4-15(16-8-6-5-7-9-16)13-22-20(25)14-29-21-23-18-12-17(10-11-19(18)28-21)30(26,27)24(2)3/h5-12,15H,4,13-14H2,1-3H3,(H,22,25). The minimum Gasteiger partial charge on any atom is -0.431 e. The van der Waals surface area contributed by atoms with Crippen molar-refractivity contribution in [2.45, 2.75) is 29.4 Å². The molecule has 1 heterocycles. The summed E-state index contributed by atoms with van der Waals surface area (Å²) in [5, 5.41) is 3.29. The number of sulfonamides is 1. The van der Waals surface area contributed by atoms with Gasteiger partial charge in [0.15, 0.2) is 5.58 Å². The smallest absolute Gasteiger partial charge is 0.257 e. The lowest BCUT2D eigenvalue weighted by atomic mass is 9.96. The molecule has 0 spiro atoms. The van der Waals surface area contributed by atoms with Gasteiger partial charge in [-0.25, -0.2) is 17.7 Å². The summed E-state index contributed by atoms with van der Waals surface area (Å²) in [5.41, 5.74) is 2.12. The molecule has 3 rings (SSSR count). The molecule has 0 aliphatic heterocycles. The Morgan fingerprint density at radius 1 is 1.20 bits per heavy atom. The van der Waals surface area contributed by atoms with Gasteiger partial charge in [0.2, 0.25) is 15.9 Å². The van der Waals surface area contributed by atoms with Gasteiger partial charge < -0.3 is 9.73 Å². The lowest BCUT2D eigenvalue weighted by Gasteiger charge is -2.15. The van der Waals surface area contributed by atoms with Crippen LogP contribution in [0.25, 0.3) is 11.1 Å². The van der Waals surface area contributed by atoms with Crippen LogP contribution in [0, 0.1) is 0 Å². The molecule has 9 heteroatoms. The first-order valence-corrected chi connectivity index (χ1v) is 12.0. The van der Waals surface area contributed by atoms with Gasteiger partial charge in [-0.2, -0.15) is 0 Å². The Morgan fingerprint density at radius 3 is 2.60 bits per heavy atom. The van der Waals surface area contributed by atoms with Crippen LogP contribution in [0.4, 0.5) is 0 Å². The molecule has 0 fully saturated rings. The maximum atomic E-state index is 12.3. The third-order valence-corrected chi connectivity index (χ3v) is 7.39. The topological polar surface area (TPSA) is 92.5 Å². The Bertz CT molecular complexity index is 1110. The third-order valence-electron chi connectivity index (χ3n) is 4.75. The van der Waals surface area contributed by atoms with E-state index in [2.05, 4.69) is 29.4 Å². The van der Waals surface area contributed by atoms with Crippen molar-refractivity contribution in [3.8, 4) is 0 Å². The normalized spacial score (nSPS) is 12.9. The second kappa shape index (κ2) is 9.63. The summed E-state index contributed by atoms with van der Waals surface area (Å²) in [4.78, 5) is 16.7. The number of aromatic nitrogens is 1. The van der Waals surface area contributed by atoms with Gasteiger partial charge in [-0.1, -0.05) is 49.0 Å². The molecule has 1 amide bonds. The predicted octanol–water partition coefficient (Wildman–Crippen LogP) is 3.48. The Labute approximate surface area is 180 Å². The summed E-state index contributed by atoms with van der Waals surface area (Å²) in [7, 11) is -0.594. The number of amides is 1. The van der Waals surface area contributed by atoms with E-state index in [4.69, 9.17) is 4.42 Å². The first kappa shape index (κ1) is 22.3. The third kappa shape index (κ3) is 5.21. The largest absolute Gasteiger partial charge is 0.431 e. The highest BCUT2D eigenvalue weighted by Gasteiger charge is 2.19. The molecular weight excluding hydrogens is 422 g/mol. The van der Waals surface area contributed by atoms with E-state index in [1.54, 1.807) is 6.07 Å². The highest BCUT2D eigenvalue weighted by atomic mass is 32.2. The lowest BCUT2D eigenvalue weighted by molar-refractivity contribution is -0.118. The van der Waals surface area contributed by atoms with Gasteiger partial charge >= 0.3 is 0 Å². The second-order valence-electron chi connectivity index (χ2n) is 7.01. The van der Waals surface area contributed by atoms with Crippen LogP contribution in [0.3, 0.4) is 0 Å². The van der Waals surface area contributed by atoms with Crippen LogP contribution in [-0.4, -0.2) is 50.0 Å². The van der Waals surface area contributed by atoms with Gasteiger partial charge in [0.1, 0.15) is 5.52 Å². The zero-order chi connectivity index (χ0) is 21.7. The molecule has 1 atom stereocenters. The summed E-state index contributed by atoms with van der Waals surface area (Å²) in [6.45, 7) is 2.67. The fourth-order valence-electron chi connectivity index (χ4n) is 2.96. The summed E-state index contributed by atoms with van der Waals surface area (Å²) in [6.07, 6.45) is 0.931. The number of carbonyl (C=O) groups excluding carboxylic acids is 1. The fourth-order valence-corrected chi connectivity index (χ4v) is 4.55. The molecular formula is C21H25N3O4S2. The summed E-state index contributed by atoms with van der Waals surface area (Å²) >= 11 is 1.18. The van der Waals surface area contributed by atoms with E-state index in [1.807, 2.05) is 18.2 Å². The number of hydrogen-bond acceptors (Lipinski definition) is 6. The summed E-state index contributed by atoms with van der Waals surface area (Å²) in [5.74, 6) is 0.329. The molecule has 1 unspecified atom stereocenters. The van der Waals surface area contributed by atoms with E-state index in [-0.39, 0.29) is 22.5 Å². The van der Waals surface area contributed by atoms with Crippen molar-refractivity contribution in [1.82, 2.24) is 14.6 Å². The van der Waals surface area contributed by atoms with Crippen molar-refractivity contribution in [2.24, 2.45) is 0 Å². The number of benzene rings is 2. The van der Waals surface area contributed by atoms with Crippen molar-refractivity contribution < 1.29 is 17.6 Å². The van der Waals surface area contributed by atoms with Crippen molar-refractivity contribution in [3.63, 3.8) is 0 Å². The van der Waals surface area contributed by atoms with Crippen LogP contribution < -0.4 is 5.32 Å². The summed E-state index contributed by atoms with van der Waals surface area (Å²) in [6, 6.07) is 14.6. The molecule has 0 radical (unpaired) electrons. The Hall–Kier alpha value is -2.36. The molecule has 30 heavy (non-hydrogen) atoms. The number of fused-ring (bicyclic) bond motifs is 1. The van der Waals surface area contributed by atoms with Crippen LogP contribution in [-0.2, 0) is 14.8 Å². The van der Waals surface area contributed by atoms with Crippen molar-refractivity contribution in [2.75, 3.05) is 26.4 Å². The van der Waals surface area contributed by atoms with Gasteiger partial charge in [0.25, 0.3) is 5.22 Å². The van der Waals surface area contributed by atoms with E-state index < -0.39 is 10.0 Å². The molecule has 0 aliphatic carbocycles. The molecule has 0 aliphatic rings. The SMILES string of the molecule is CCC(CNC(=O)CSc1nc2cc(S(=O)(=O)N(C)C)ccc2o1)c1ccccc1. The highest BCUT2D eigenvalue weighted by molar-refractivity contribution is 7.99. The van der Waals surface area contributed by atoms with Crippen LogP contribution in [0.2, 0.25) is 0 Å². The van der Waals surface area contributed by atoms with Gasteiger partial charge in [-0.05, 0) is 30.2 Å². The van der Waals surface area contributed by atoms with Crippen LogP contribution >= 0.6 is 11.8 Å². The quantitative estimate of drug-likeness (QED) is 0.505. The number of oxazole rings is 1. The maximum Gasteiger partial charge on any atom is 0.257 e. The average molecular weight is 448 g/mol. The van der Waals surface area contributed by atoms with Crippen molar-refractivity contribution in [1.29, 1.82) is 0 Å². The monoisotopic (exact) mass is 447 g/mol. The van der Waals surface area contributed by atoms with Crippen LogP contribution in [0.5, 0.6) is 0 Å². The maximum absolute atomic E-state index is 12.3.